The third kappa shape index (κ3) is 3.49. The van der Waals surface area contributed by atoms with E-state index < -0.39 is 0 Å². The molecule has 1 aliphatic heterocycles. The fourth-order valence-electron chi connectivity index (χ4n) is 1.87. The molecule has 1 unspecified atom stereocenters. The minimum atomic E-state index is -0.0780. The lowest BCUT2D eigenvalue weighted by molar-refractivity contribution is -0.114. The number of thiazole rings is 1. The molecular formula is C11H18N4OS. The molecule has 1 aromatic heterocycles. The molecule has 6 heteroatoms. The number of carbonyl (C=O) groups is 1. The molecule has 1 fully saturated rings. The molecule has 0 radical (unpaired) electrons. The maximum atomic E-state index is 10.9. The van der Waals surface area contributed by atoms with Gasteiger partial charge in [-0.2, -0.15) is 0 Å². The SMILES string of the molecule is CC(=O)Nc1nc(CNC2(C)CCNC2)cs1. The summed E-state index contributed by atoms with van der Waals surface area (Å²) in [6.45, 7) is 6.51. The van der Waals surface area contributed by atoms with Gasteiger partial charge in [-0.1, -0.05) is 0 Å². The molecule has 0 aliphatic carbocycles. The molecule has 2 heterocycles. The van der Waals surface area contributed by atoms with E-state index in [4.69, 9.17) is 0 Å². The number of nitrogens with one attached hydrogen (secondary N) is 3. The first-order chi connectivity index (χ1) is 8.07. The normalized spacial score (nSPS) is 23.9. The van der Waals surface area contributed by atoms with Crippen molar-refractivity contribution in [2.24, 2.45) is 0 Å². The lowest BCUT2D eigenvalue weighted by Gasteiger charge is -2.23. The third-order valence-electron chi connectivity index (χ3n) is 2.90. The molecule has 2 rings (SSSR count). The fourth-order valence-corrected chi connectivity index (χ4v) is 2.62. The average Bonchev–Trinajstić information content (AvgIpc) is 2.85. The van der Waals surface area contributed by atoms with Gasteiger partial charge in [0.15, 0.2) is 5.13 Å². The highest BCUT2D eigenvalue weighted by atomic mass is 32.1. The van der Waals surface area contributed by atoms with E-state index in [0.717, 1.165) is 31.7 Å². The molecule has 1 saturated heterocycles. The van der Waals surface area contributed by atoms with Crippen molar-refractivity contribution in [1.29, 1.82) is 0 Å². The van der Waals surface area contributed by atoms with Gasteiger partial charge < -0.3 is 16.0 Å². The Bertz CT molecular complexity index is 398. The first-order valence-electron chi connectivity index (χ1n) is 5.75. The largest absolute Gasteiger partial charge is 0.315 e. The van der Waals surface area contributed by atoms with Gasteiger partial charge in [-0.15, -0.1) is 11.3 Å². The van der Waals surface area contributed by atoms with Crippen LogP contribution < -0.4 is 16.0 Å². The standard InChI is InChI=1S/C11H18N4OS/c1-8(16)14-10-15-9(6-17-10)5-13-11(2)3-4-12-7-11/h6,12-13H,3-5,7H2,1-2H3,(H,14,15,16). The molecule has 0 aromatic carbocycles. The molecule has 1 aromatic rings. The summed E-state index contributed by atoms with van der Waals surface area (Å²) >= 11 is 1.46. The number of carbonyl (C=O) groups excluding carboxylic acids is 1. The number of nitrogens with zero attached hydrogens (tertiary/aromatic N) is 1. The number of anilines is 1. The topological polar surface area (TPSA) is 66.0 Å². The lowest BCUT2D eigenvalue weighted by atomic mass is 10.0. The van der Waals surface area contributed by atoms with Crippen molar-refractivity contribution in [2.75, 3.05) is 18.4 Å². The van der Waals surface area contributed by atoms with E-state index in [2.05, 4.69) is 27.9 Å². The number of hydrogen-bond donors (Lipinski definition) is 3. The number of aromatic nitrogens is 1. The van der Waals surface area contributed by atoms with Crippen LogP contribution in [0.4, 0.5) is 5.13 Å². The van der Waals surface area contributed by atoms with Gasteiger partial charge in [0.25, 0.3) is 0 Å². The van der Waals surface area contributed by atoms with E-state index in [1.807, 2.05) is 5.38 Å². The van der Waals surface area contributed by atoms with Crippen molar-refractivity contribution in [3.8, 4) is 0 Å². The highest BCUT2D eigenvalue weighted by Crippen LogP contribution is 2.18. The molecule has 0 saturated carbocycles. The molecule has 0 spiro atoms. The quantitative estimate of drug-likeness (QED) is 0.748. The van der Waals surface area contributed by atoms with Crippen LogP contribution in [-0.2, 0) is 11.3 Å². The van der Waals surface area contributed by atoms with Crippen molar-refractivity contribution < 1.29 is 4.79 Å². The predicted molar refractivity (Wildman–Crippen MR) is 69.1 cm³/mol. The van der Waals surface area contributed by atoms with Crippen LogP contribution in [0.1, 0.15) is 26.0 Å². The molecule has 3 N–H and O–H groups in total. The summed E-state index contributed by atoms with van der Waals surface area (Å²) in [5, 5.41) is 12.2. The molecule has 1 aliphatic rings. The van der Waals surface area contributed by atoms with Crippen LogP contribution in [0.25, 0.3) is 0 Å². The summed E-state index contributed by atoms with van der Waals surface area (Å²) in [7, 11) is 0. The first kappa shape index (κ1) is 12.5. The van der Waals surface area contributed by atoms with E-state index >= 15 is 0 Å². The van der Waals surface area contributed by atoms with E-state index in [-0.39, 0.29) is 11.4 Å². The van der Waals surface area contributed by atoms with Crippen LogP contribution in [0.5, 0.6) is 0 Å². The van der Waals surface area contributed by atoms with Gasteiger partial charge in [0.1, 0.15) is 0 Å². The lowest BCUT2D eigenvalue weighted by Crippen LogP contribution is -2.43. The highest BCUT2D eigenvalue weighted by Gasteiger charge is 2.27. The summed E-state index contributed by atoms with van der Waals surface area (Å²) in [6, 6.07) is 0. The zero-order valence-electron chi connectivity index (χ0n) is 10.2. The Morgan fingerprint density at radius 3 is 3.18 bits per heavy atom. The molecule has 17 heavy (non-hydrogen) atoms. The van der Waals surface area contributed by atoms with Crippen molar-refractivity contribution in [3.63, 3.8) is 0 Å². The van der Waals surface area contributed by atoms with Crippen molar-refractivity contribution in [1.82, 2.24) is 15.6 Å². The van der Waals surface area contributed by atoms with Gasteiger partial charge in [-0.3, -0.25) is 4.79 Å². The molecular weight excluding hydrogens is 236 g/mol. The highest BCUT2D eigenvalue weighted by molar-refractivity contribution is 7.13. The summed E-state index contributed by atoms with van der Waals surface area (Å²) in [6.07, 6.45) is 1.13. The minimum Gasteiger partial charge on any atom is -0.315 e. The Hall–Kier alpha value is -0.980. The van der Waals surface area contributed by atoms with Gasteiger partial charge in [0, 0.05) is 30.9 Å². The predicted octanol–water partition coefficient (Wildman–Crippen LogP) is 0.943. The average molecular weight is 254 g/mol. The van der Waals surface area contributed by atoms with E-state index in [1.165, 1.54) is 18.3 Å². The Morgan fingerprint density at radius 2 is 2.53 bits per heavy atom. The fraction of sp³-hybridized carbons (Fsp3) is 0.636. The van der Waals surface area contributed by atoms with E-state index in [1.54, 1.807) is 0 Å². The molecule has 5 nitrogen and oxygen atoms in total. The van der Waals surface area contributed by atoms with E-state index in [0.29, 0.717) is 5.13 Å². The summed E-state index contributed by atoms with van der Waals surface area (Å²) in [5.74, 6) is -0.0780. The van der Waals surface area contributed by atoms with Gasteiger partial charge in [0.2, 0.25) is 5.91 Å². The number of amides is 1. The Labute approximate surface area is 105 Å². The van der Waals surface area contributed by atoms with Gasteiger partial charge >= 0.3 is 0 Å². The van der Waals surface area contributed by atoms with Crippen LogP contribution in [0.2, 0.25) is 0 Å². The van der Waals surface area contributed by atoms with Gasteiger partial charge in [-0.25, -0.2) is 4.98 Å². The second-order valence-corrected chi connectivity index (χ2v) is 5.52. The summed E-state index contributed by atoms with van der Waals surface area (Å²) in [5.41, 5.74) is 1.14. The van der Waals surface area contributed by atoms with Gasteiger partial charge in [-0.05, 0) is 19.9 Å². The molecule has 1 amide bonds. The second-order valence-electron chi connectivity index (χ2n) is 4.67. The van der Waals surface area contributed by atoms with Crippen molar-refractivity contribution in [2.45, 2.75) is 32.4 Å². The molecule has 1 atom stereocenters. The molecule has 0 bridgehead atoms. The summed E-state index contributed by atoms with van der Waals surface area (Å²) < 4.78 is 0. The zero-order valence-corrected chi connectivity index (χ0v) is 11.0. The van der Waals surface area contributed by atoms with Crippen LogP contribution in [0.15, 0.2) is 5.38 Å². The minimum absolute atomic E-state index is 0.0780. The Kier molecular flexibility index (Phi) is 3.76. The van der Waals surface area contributed by atoms with Gasteiger partial charge in [0.05, 0.1) is 5.69 Å². The van der Waals surface area contributed by atoms with Crippen LogP contribution in [0, 0.1) is 0 Å². The van der Waals surface area contributed by atoms with Crippen molar-refractivity contribution >= 4 is 22.4 Å². The second kappa shape index (κ2) is 5.12. The Morgan fingerprint density at radius 1 is 1.71 bits per heavy atom. The van der Waals surface area contributed by atoms with Crippen LogP contribution in [0.3, 0.4) is 0 Å². The first-order valence-corrected chi connectivity index (χ1v) is 6.63. The van der Waals surface area contributed by atoms with Crippen molar-refractivity contribution in [3.05, 3.63) is 11.1 Å². The van der Waals surface area contributed by atoms with Crippen LogP contribution >= 0.6 is 11.3 Å². The Balaban J connectivity index is 1.86. The molecule has 94 valence electrons. The monoisotopic (exact) mass is 254 g/mol. The van der Waals surface area contributed by atoms with Crippen LogP contribution in [-0.4, -0.2) is 29.5 Å². The maximum absolute atomic E-state index is 10.9. The number of rotatable bonds is 4. The number of hydrogen-bond acceptors (Lipinski definition) is 5. The third-order valence-corrected chi connectivity index (χ3v) is 3.71. The zero-order chi connectivity index (χ0) is 12.3. The maximum Gasteiger partial charge on any atom is 0.223 e. The smallest absolute Gasteiger partial charge is 0.223 e. The summed E-state index contributed by atoms with van der Waals surface area (Å²) in [4.78, 5) is 15.2. The van der Waals surface area contributed by atoms with E-state index in [9.17, 15) is 4.79 Å².